The number of nitrogens with one attached hydrogen (secondary N) is 2. The summed E-state index contributed by atoms with van der Waals surface area (Å²) in [5.41, 5.74) is 0. The zero-order valence-corrected chi connectivity index (χ0v) is 16.4. The number of carbonyl (C=O) groups excluding carboxylic acids is 1. The predicted octanol–water partition coefficient (Wildman–Crippen LogP) is 2.26. The van der Waals surface area contributed by atoms with E-state index >= 15 is 0 Å². The van der Waals surface area contributed by atoms with E-state index in [9.17, 15) is 9.18 Å². The molecule has 0 heterocycles. The number of carbonyl (C=O) groups is 1. The van der Waals surface area contributed by atoms with Crippen molar-refractivity contribution < 1.29 is 13.9 Å². The molecule has 6 nitrogen and oxygen atoms in total. The van der Waals surface area contributed by atoms with Crippen LogP contribution in [0, 0.1) is 11.7 Å². The number of hydrogen-bond donors (Lipinski definition) is 2. The van der Waals surface area contributed by atoms with Crippen molar-refractivity contribution in [3.05, 3.63) is 30.1 Å². The maximum atomic E-state index is 13.8. The largest absolute Gasteiger partial charge is 0.486 e. The van der Waals surface area contributed by atoms with Crippen LogP contribution >= 0.6 is 0 Å². The minimum absolute atomic E-state index is 0.0609. The fraction of sp³-hybridized carbons (Fsp3) is 0.579. The summed E-state index contributed by atoms with van der Waals surface area (Å²) in [5.74, 6) is 0.755. The van der Waals surface area contributed by atoms with Gasteiger partial charge in [-0.15, -0.1) is 0 Å². The first-order valence-electron chi connectivity index (χ1n) is 8.97. The van der Waals surface area contributed by atoms with Gasteiger partial charge >= 0.3 is 0 Å². The van der Waals surface area contributed by atoms with Gasteiger partial charge in [0.25, 0.3) is 0 Å². The molecule has 0 aliphatic rings. The van der Waals surface area contributed by atoms with Crippen LogP contribution in [0.1, 0.15) is 27.2 Å². The molecule has 0 radical (unpaired) electrons. The van der Waals surface area contributed by atoms with Crippen LogP contribution in [-0.4, -0.2) is 56.6 Å². The van der Waals surface area contributed by atoms with Gasteiger partial charge < -0.3 is 20.3 Å². The van der Waals surface area contributed by atoms with Crippen molar-refractivity contribution >= 4 is 11.9 Å². The Kier molecular flexibility index (Phi) is 9.47. The van der Waals surface area contributed by atoms with Crippen molar-refractivity contribution in [3.8, 4) is 5.75 Å². The summed E-state index contributed by atoms with van der Waals surface area (Å²) in [4.78, 5) is 17.6. The van der Waals surface area contributed by atoms with E-state index in [2.05, 4.69) is 29.5 Å². The minimum Gasteiger partial charge on any atom is -0.486 e. The van der Waals surface area contributed by atoms with Crippen LogP contribution < -0.4 is 15.4 Å². The van der Waals surface area contributed by atoms with Crippen molar-refractivity contribution in [2.45, 2.75) is 33.3 Å². The number of benzene rings is 1. The third-order valence-electron chi connectivity index (χ3n) is 3.63. The summed E-state index contributed by atoms with van der Waals surface area (Å²) in [6.45, 7) is 7.39. The summed E-state index contributed by atoms with van der Waals surface area (Å²) < 4.78 is 19.5. The lowest BCUT2D eigenvalue weighted by Crippen LogP contribution is -2.44. The highest BCUT2D eigenvalue weighted by atomic mass is 19.1. The number of nitrogens with zero attached hydrogens (tertiary/aromatic N) is 2. The molecule has 1 aromatic carbocycles. The van der Waals surface area contributed by atoms with E-state index < -0.39 is 0 Å². The summed E-state index contributed by atoms with van der Waals surface area (Å²) in [7, 11) is 3.39. The molecule has 26 heavy (non-hydrogen) atoms. The van der Waals surface area contributed by atoms with Gasteiger partial charge in [0, 0.05) is 20.6 Å². The minimum atomic E-state index is -0.380. The van der Waals surface area contributed by atoms with Crippen molar-refractivity contribution in [3.63, 3.8) is 0 Å². The van der Waals surface area contributed by atoms with E-state index in [4.69, 9.17) is 4.74 Å². The number of guanidine groups is 1. The van der Waals surface area contributed by atoms with Gasteiger partial charge in [0.05, 0.1) is 6.54 Å². The average molecular weight is 366 g/mol. The number of halogens is 1. The van der Waals surface area contributed by atoms with Crippen LogP contribution in [0.4, 0.5) is 4.39 Å². The molecule has 0 bridgehead atoms. The van der Waals surface area contributed by atoms with Gasteiger partial charge in [-0.25, -0.2) is 9.38 Å². The molecule has 0 saturated carbocycles. The monoisotopic (exact) mass is 366 g/mol. The Bertz CT molecular complexity index is 591. The smallest absolute Gasteiger partial charge is 0.243 e. The van der Waals surface area contributed by atoms with E-state index in [1.54, 1.807) is 32.3 Å². The molecule has 1 amide bonds. The quantitative estimate of drug-likeness (QED) is 0.520. The van der Waals surface area contributed by atoms with Crippen LogP contribution in [0.3, 0.4) is 0 Å². The highest BCUT2D eigenvalue weighted by Gasteiger charge is 2.13. The molecule has 1 aromatic rings. The summed E-state index contributed by atoms with van der Waals surface area (Å²) in [6.07, 6.45) is 0.484. The molecule has 1 rings (SSSR count). The molecule has 146 valence electrons. The molecule has 0 fully saturated rings. The molecular formula is C19H31FN4O2. The van der Waals surface area contributed by atoms with Gasteiger partial charge in [0.2, 0.25) is 5.91 Å². The Balaban J connectivity index is 2.67. The summed E-state index contributed by atoms with van der Waals surface area (Å²) in [6, 6.07) is 6.35. The predicted molar refractivity (Wildman–Crippen MR) is 103 cm³/mol. The number of amides is 1. The van der Waals surface area contributed by atoms with E-state index in [0.29, 0.717) is 24.8 Å². The van der Waals surface area contributed by atoms with Crippen LogP contribution in [0.25, 0.3) is 0 Å². The lowest BCUT2D eigenvalue weighted by atomic mass is 10.2. The average Bonchev–Trinajstić information content (AvgIpc) is 2.60. The topological polar surface area (TPSA) is 66.0 Å². The van der Waals surface area contributed by atoms with E-state index in [1.165, 1.54) is 11.0 Å². The molecule has 0 aromatic heterocycles. The fourth-order valence-electron chi connectivity index (χ4n) is 1.96. The molecular weight excluding hydrogens is 335 g/mol. The number of aliphatic imine (C=N–C) groups is 1. The number of para-hydroxylation sites is 1. The lowest BCUT2D eigenvalue weighted by Gasteiger charge is -2.21. The highest BCUT2D eigenvalue weighted by molar-refractivity contribution is 5.84. The molecule has 0 spiro atoms. The van der Waals surface area contributed by atoms with Gasteiger partial charge in [0.15, 0.2) is 17.5 Å². The van der Waals surface area contributed by atoms with E-state index in [0.717, 1.165) is 6.54 Å². The number of rotatable bonds is 9. The normalized spacial score (nSPS) is 12.7. The SMILES string of the molecule is CCC(CNC(=NCC(=O)N(C)C)NCC(C)C)Oc1ccccc1F. The first kappa shape index (κ1) is 21.7. The Morgan fingerprint density at radius 2 is 1.88 bits per heavy atom. The van der Waals surface area contributed by atoms with Gasteiger partial charge in [-0.05, 0) is 24.5 Å². The van der Waals surface area contributed by atoms with Gasteiger partial charge in [-0.3, -0.25) is 4.79 Å². The zero-order chi connectivity index (χ0) is 19.5. The number of likely N-dealkylation sites (N-methyl/N-ethyl adjacent to an activating group) is 1. The van der Waals surface area contributed by atoms with Crippen LogP contribution in [0.15, 0.2) is 29.3 Å². The molecule has 0 saturated heterocycles. The number of hydrogen-bond acceptors (Lipinski definition) is 3. The summed E-state index contributed by atoms with van der Waals surface area (Å²) >= 11 is 0. The molecule has 0 aliphatic heterocycles. The van der Waals surface area contributed by atoms with Gasteiger partial charge in [-0.2, -0.15) is 0 Å². The second kappa shape index (κ2) is 11.3. The molecule has 1 unspecified atom stereocenters. The third kappa shape index (κ3) is 8.18. The van der Waals surface area contributed by atoms with Crippen molar-refractivity contribution in [1.82, 2.24) is 15.5 Å². The maximum absolute atomic E-state index is 13.8. The maximum Gasteiger partial charge on any atom is 0.243 e. The van der Waals surface area contributed by atoms with Crippen molar-refractivity contribution in [2.75, 3.05) is 33.7 Å². The Hall–Kier alpha value is -2.31. The van der Waals surface area contributed by atoms with Crippen LogP contribution in [-0.2, 0) is 4.79 Å². The summed E-state index contributed by atoms with van der Waals surface area (Å²) in [5, 5.41) is 6.39. The fourth-order valence-corrected chi connectivity index (χ4v) is 1.96. The lowest BCUT2D eigenvalue weighted by molar-refractivity contribution is -0.127. The highest BCUT2D eigenvalue weighted by Crippen LogP contribution is 2.17. The Labute approximate surface area is 155 Å². The van der Waals surface area contributed by atoms with Gasteiger partial charge in [0.1, 0.15) is 12.6 Å². The second-order valence-corrected chi connectivity index (χ2v) is 6.69. The molecule has 7 heteroatoms. The molecule has 0 aliphatic carbocycles. The van der Waals surface area contributed by atoms with Crippen LogP contribution in [0.5, 0.6) is 5.75 Å². The first-order chi connectivity index (χ1) is 12.3. The van der Waals surface area contributed by atoms with Crippen molar-refractivity contribution in [1.29, 1.82) is 0 Å². The van der Waals surface area contributed by atoms with Gasteiger partial charge in [-0.1, -0.05) is 32.9 Å². The number of ether oxygens (including phenoxy) is 1. The van der Waals surface area contributed by atoms with Crippen molar-refractivity contribution in [2.24, 2.45) is 10.9 Å². The zero-order valence-electron chi connectivity index (χ0n) is 16.4. The Morgan fingerprint density at radius 1 is 1.23 bits per heavy atom. The van der Waals surface area contributed by atoms with Crippen LogP contribution in [0.2, 0.25) is 0 Å². The van der Waals surface area contributed by atoms with E-state index in [-0.39, 0.29) is 30.1 Å². The standard InChI is InChI=1S/C19H31FN4O2/c1-6-15(26-17-10-8-7-9-16(17)20)12-22-19(21-11-14(2)3)23-13-18(25)24(4)5/h7-10,14-15H,6,11-13H2,1-5H3,(H2,21,22,23). The molecule has 1 atom stereocenters. The first-order valence-corrected chi connectivity index (χ1v) is 8.97. The molecule has 2 N–H and O–H groups in total. The van der Waals surface area contributed by atoms with E-state index in [1.807, 2.05) is 6.92 Å². The Morgan fingerprint density at radius 3 is 2.46 bits per heavy atom. The second-order valence-electron chi connectivity index (χ2n) is 6.69. The third-order valence-corrected chi connectivity index (χ3v) is 3.63.